The zero-order valence-electron chi connectivity index (χ0n) is 15.3. The number of anilines is 1. The van der Waals surface area contributed by atoms with Crippen molar-refractivity contribution >= 4 is 28.6 Å². The number of amides is 1. The van der Waals surface area contributed by atoms with Crippen LogP contribution in [0.25, 0.3) is 10.8 Å². The zero-order valence-corrected chi connectivity index (χ0v) is 16.1. The summed E-state index contributed by atoms with van der Waals surface area (Å²) in [5, 5.41) is 23.6. The van der Waals surface area contributed by atoms with E-state index in [1.54, 1.807) is 6.07 Å². The minimum Gasteiger partial charge on any atom is -0.414 e. The molecular formula is C18H20N5O4S+. The molecule has 1 aromatic carbocycles. The lowest BCUT2D eigenvalue weighted by molar-refractivity contribution is -0.907. The summed E-state index contributed by atoms with van der Waals surface area (Å²) in [5.74, 6) is 0.707. The number of thiophene rings is 1. The third-order valence-corrected chi connectivity index (χ3v) is 4.81. The van der Waals surface area contributed by atoms with Gasteiger partial charge in [-0.25, -0.2) is 0 Å². The van der Waals surface area contributed by atoms with Crippen LogP contribution in [0, 0.1) is 10.1 Å². The number of rotatable bonds is 9. The molecule has 0 aliphatic heterocycles. The second-order valence-electron chi connectivity index (χ2n) is 6.19. The van der Waals surface area contributed by atoms with Gasteiger partial charge in [0.15, 0.2) is 13.1 Å². The number of nitro groups is 1. The fourth-order valence-electron chi connectivity index (χ4n) is 2.76. The molecule has 1 unspecified atom stereocenters. The highest BCUT2D eigenvalue weighted by atomic mass is 32.1. The van der Waals surface area contributed by atoms with Crippen molar-refractivity contribution in [2.24, 2.45) is 0 Å². The summed E-state index contributed by atoms with van der Waals surface area (Å²) in [7, 11) is 0. The van der Waals surface area contributed by atoms with Crippen LogP contribution >= 0.6 is 11.3 Å². The minimum absolute atomic E-state index is 0.0671. The molecular weight excluding hydrogens is 382 g/mol. The van der Waals surface area contributed by atoms with Gasteiger partial charge in [0, 0.05) is 17.8 Å². The number of nitrogens with one attached hydrogen (secondary N) is 2. The average Bonchev–Trinajstić information content (AvgIpc) is 3.33. The molecule has 3 aromatic rings. The lowest BCUT2D eigenvalue weighted by Crippen LogP contribution is -3.11. The van der Waals surface area contributed by atoms with E-state index in [-0.39, 0.29) is 18.1 Å². The van der Waals surface area contributed by atoms with Crippen LogP contribution in [0.2, 0.25) is 0 Å². The fraction of sp³-hybridized carbons (Fsp3) is 0.278. The summed E-state index contributed by atoms with van der Waals surface area (Å²) in [6.07, 6.45) is 0.880. The molecule has 2 aromatic heterocycles. The van der Waals surface area contributed by atoms with Crippen molar-refractivity contribution in [3.05, 3.63) is 57.8 Å². The molecule has 0 spiro atoms. The van der Waals surface area contributed by atoms with E-state index in [9.17, 15) is 14.9 Å². The summed E-state index contributed by atoms with van der Waals surface area (Å²) in [5.41, 5.74) is 0.329. The first-order chi connectivity index (χ1) is 13.5. The van der Waals surface area contributed by atoms with Gasteiger partial charge in [-0.1, -0.05) is 19.1 Å². The Morgan fingerprint density at radius 1 is 1.32 bits per heavy atom. The quantitative estimate of drug-likeness (QED) is 0.418. The van der Waals surface area contributed by atoms with Crippen LogP contribution in [0.5, 0.6) is 0 Å². The van der Waals surface area contributed by atoms with Gasteiger partial charge in [0.05, 0.1) is 16.3 Å². The molecule has 2 heterocycles. The number of nitro benzene ring substituents is 1. The lowest BCUT2D eigenvalue weighted by Gasteiger charge is -2.16. The molecule has 2 N–H and O–H groups in total. The summed E-state index contributed by atoms with van der Waals surface area (Å²) in [4.78, 5) is 24.6. The Morgan fingerprint density at radius 3 is 2.89 bits per heavy atom. The standard InChI is InChI=1S/C18H19N5O4S/c1-2-8-22(12-17-20-21-18(27-17)15-7-4-9-28-15)11-16(24)19-13-5-3-6-14(10-13)23(25)26/h3-7,9-10H,2,8,11-12H2,1H3,(H,19,24)/p+1. The molecule has 0 radical (unpaired) electrons. The predicted molar refractivity (Wildman–Crippen MR) is 104 cm³/mol. The van der Waals surface area contributed by atoms with Crippen LogP contribution in [0.4, 0.5) is 11.4 Å². The number of quaternary nitrogens is 1. The van der Waals surface area contributed by atoms with Crippen molar-refractivity contribution in [2.45, 2.75) is 19.9 Å². The summed E-state index contributed by atoms with van der Waals surface area (Å²) in [6, 6.07) is 9.69. The van der Waals surface area contributed by atoms with Crippen LogP contribution in [-0.2, 0) is 11.3 Å². The van der Waals surface area contributed by atoms with Gasteiger partial charge in [-0.15, -0.1) is 21.5 Å². The van der Waals surface area contributed by atoms with Crippen molar-refractivity contribution in [3.63, 3.8) is 0 Å². The number of aromatic nitrogens is 2. The third kappa shape index (κ3) is 5.21. The van der Waals surface area contributed by atoms with E-state index in [2.05, 4.69) is 15.5 Å². The summed E-state index contributed by atoms with van der Waals surface area (Å²) < 4.78 is 5.71. The Morgan fingerprint density at radius 2 is 2.18 bits per heavy atom. The first kappa shape index (κ1) is 19.6. The number of carbonyl (C=O) groups is 1. The Bertz CT molecular complexity index is 941. The first-order valence-electron chi connectivity index (χ1n) is 8.79. The number of non-ortho nitro benzene ring substituents is 1. The van der Waals surface area contributed by atoms with E-state index >= 15 is 0 Å². The second kappa shape index (κ2) is 9.20. The van der Waals surface area contributed by atoms with Crippen molar-refractivity contribution in [1.82, 2.24) is 10.2 Å². The molecule has 28 heavy (non-hydrogen) atoms. The second-order valence-corrected chi connectivity index (χ2v) is 7.14. The molecule has 0 aliphatic carbocycles. The van der Waals surface area contributed by atoms with E-state index in [0.717, 1.165) is 22.7 Å². The number of nitrogens with zero attached hydrogens (tertiary/aromatic N) is 3. The van der Waals surface area contributed by atoms with Crippen LogP contribution < -0.4 is 10.2 Å². The van der Waals surface area contributed by atoms with E-state index in [4.69, 9.17) is 4.42 Å². The number of hydrogen-bond acceptors (Lipinski definition) is 7. The predicted octanol–water partition coefficient (Wildman–Crippen LogP) is 2.14. The van der Waals surface area contributed by atoms with Gasteiger partial charge in [-0.2, -0.15) is 0 Å². The van der Waals surface area contributed by atoms with Gasteiger partial charge in [-0.3, -0.25) is 14.9 Å². The van der Waals surface area contributed by atoms with E-state index in [0.29, 0.717) is 24.0 Å². The molecule has 0 aliphatic rings. The Hall–Kier alpha value is -3.11. The summed E-state index contributed by atoms with van der Waals surface area (Å²) in [6.45, 7) is 3.39. The van der Waals surface area contributed by atoms with Crippen LogP contribution in [-0.4, -0.2) is 34.1 Å². The van der Waals surface area contributed by atoms with E-state index in [1.165, 1.54) is 29.5 Å². The topological polar surface area (TPSA) is 116 Å². The highest BCUT2D eigenvalue weighted by Crippen LogP contribution is 2.22. The molecule has 0 saturated carbocycles. The van der Waals surface area contributed by atoms with E-state index < -0.39 is 4.92 Å². The van der Waals surface area contributed by atoms with Crippen molar-refractivity contribution in [2.75, 3.05) is 18.4 Å². The molecule has 0 bridgehead atoms. The summed E-state index contributed by atoms with van der Waals surface area (Å²) >= 11 is 1.52. The molecule has 1 atom stereocenters. The third-order valence-electron chi connectivity index (χ3n) is 3.95. The average molecular weight is 402 g/mol. The Balaban J connectivity index is 1.62. The monoisotopic (exact) mass is 402 g/mol. The fourth-order valence-corrected chi connectivity index (χ4v) is 3.41. The number of hydrogen-bond donors (Lipinski definition) is 2. The smallest absolute Gasteiger partial charge is 0.279 e. The van der Waals surface area contributed by atoms with Gasteiger partial charge in [-0.05, 0) is 23.9 Å². The molecule has 146 valence electrons. The maximum Gasteiger partial charge on any atom is 0.279 e. The largest absolute Gasteiger partial charge is 0.414 e. The molecule has 0 saturated heterocycles. The normalized spacial score (nSPS) is 11.9. The maximum absolute atomic E-state index is 12.4. The van der Waals surface area contributed by atoms with Crippen LogP contribution in [0.1, 0.15) is 19.2 Å². The maximum atomic E-state index is 12.4. The molecule has 10 heteroatoms. The van der Waals surface area contributed by atoms with Crippen LogP contribution in [0.15, 0.2) is 46.2 Å². The Kier molecular flexibility index (Phi) is 6.45. The first-order valence-corrected chi connectivity index (χ1v) is 9.67. The minimum atomic E-state index is -0.495. The SMILES string of the molecule is CCC[NH+](CC(=O)Nc1cccc([N+](=O)[O-])c1)Cc1nnc(-c2cccs2)o1. The molecule has 3 rings (SSSR count). The molecule has 0 fully saturated rings. The van der Waals surface area contributed by atoms with Gasteiger partial charge in [0.25, 0.3) is 23.4 Å². The zero-order chi connectivity index (χ0) is 19.9. The van der Waals surface area contributed by atoms with Gasteiger partial charge < -0.3 is 14.6 Å². The van der Waals surface area contributed by atoms with Crippen molar-refractivity contribution in [1.29, 1.82) is 0 Å². The highest BCUT2D eigenvalue weighted by molar-refractivity contribution is 7.13. The lowest BCUT2D eigenvalue weighted by atomic mass is 10.3. The Labute approximate surface area is 165 Å². The van der Waals surface area contributed by atoms with E-state index in [1.807, 2.05) is 24.4 Å². The van der Waals surface area contributed by atoms with Gasteiger partial charge in [0.1, 0.15) is 0 Å². The van der Waals surface area contributed by atoms with Crippen molar-refractivity contribution < 1.29 is 19.0 Å². The van der Waals surface area contributed by atoms with Gasteiger partial charge >= 0.3 is 0 Å². The highest BCUT2D eigenvalue weighted by Gasteiger charge is 2.19. The molecule has 1 amide bonds. The van der Waals surface area contributed by atoms with Crippen molar-refractivity contribution in [3.8, 4) is 10.8 Å². The van der Waals surface area contributed by atoms with Crippen LogP contribution in [0.3, 0.4) is 0 Å². The van der Waals surface area contributed by atoms with Gasteiger partial charge in [0.2, 0.25) is 0 Å². The number of benzene rings is 1. The number of carbonyl (C=O) groups excluding carboxylic acids is 1. The molecule has 9 nitrogen and oxygen atoms in total.